The van der Waals surface area contributed by atoms with E-state index in [1.165, 1.54) is 11.3 Å². The molecule has 3 N–H and O–H groups in total. The number of H-pyrrole nitrogens is 1. The van der Waals surface area contributed by atoms with Crippen LogP contribution in [0.15, 0.2) is 12.1 Å². The predicted molar refractivity (Wildman–Crippen MR) is 69.9 cm³/mol. The third-order valence-corrected chi connectivity index (χ3v) is 3.82. The lowest BCUT2D eigenvalue weighted by Gasteiger charge is -2.18. The molecule has 17 heavy (non-hydrogen) atoms. The highest BCUT2D eigenvalue weighted by atomic mass is 35.5. The van der Waals surface area contributed by atoms with Crippen molar-refractivity contribution in [3.63, 3.8) is 0 Å². The summed E-state index contributed by atoms with van der Waals surface area (Å²) in [6, 6.07) is 4.04. The zero-order valence-electron chi connectivity index (χ0n) is 9.72. The zero-order chi connectivity index (χ0) is 12.0. The highest BCUT2D eigenvalue weighted by molar-refractivity contribution is 6.36. The van der Waals surface area contributed by atoms with Crippen LogP contribution in [0.25, 0.3) is 10.9 Å². The summed E-state index contributed by atoms with van der Waals surface area (Å²) in [5.74, 6) is 0.840. The first-order valence-electron chi connectivity index (χ1n) is 5.82. The van der Waals surface area contributed by atoms with Crippen molar-refractivity contribution in [3.8, 4) is 5.75 Å². The number of methoxy groups -OCH3 is 1. The van der Waals surface area contributed by atoms with Crippen LogP contribution in [0.2, 0.25) is 5.02 Å². The fraction of sp³-hybridized carbons (Fsp3) is 0.385. The number of hydrogen-bond acceptors (Lipinski definition) is 2. The van der Waals surface area contributed by atoms with Crippen LogP contribution >= 0.6 is 11.6 Å². The van der Waals surface area contributed by atoms with E-state index in [0.717, 1.165) is 40.9 Å². The van der Waals surface area contributed by atoms with Gasteiger partial charge in [-0.05, 0) is 30.5 Å². The predicted octanol–water partition coefficient (Wildman–Crippen LogP) is 2.65. The minimum Gasteiger partial charge on any atom is -0.495 e. The maximum Gasteiger partial charge on any atom is 0.143 e. The number of aromatic amines is 1. The summed E-state index contributed by atoms with van der Waals surface area (Å²) >= 11 is 6.29. The quantitative estimate of drug-likeness (QED) is 0.818. The van der Waals surface area contributed by atoms with E-state index in [-0.39, 0.29) is 6.04 Å². The molecule has 1 unspecified atom stereocenters. The Kier molecular flexibility index (Phi) is 2.53. The maximum absolute atomic E-state index is 6.29. The number of hydrogen-bond donors (Lipinski definition) is 2. The van der Waals surface area contributed by atoms with Gasteiger partial charge < -0.3 is 15.5 Å². The van der Waals surface area contributed by atoms with Crippen LogP contribution in [0, 0.1) is 0 Å². The number of nitrogens with one attached hydrogen (secondary N) is 1. The van der Waals surface area contributed by atoms with Crippen molar-refractivity contribution in [2.75, 3.05) is 7.11 Å². The van der Waals surface area contributed by atoms with Gasteiger partial charge in [0.2, 0.25) is 0 Å². The Labute approximate surface area is 105 Å². The number of ether oxygens (including phenoxy) is 1. The molecule has 1 aliphatic carbocycles. The molecular weight excluding hydrogens is 236 g/mol. The number of aromatic nitrogens is 1. The van der Waals surface area contributed by atoms with Gasteiger partial charge in [0.1, 0.15) is 5.75 Å². The van der Waals surface area contributed by atoms with E-state index in [1.54, 1.807) is 7.11 Å². The second-order valence-electron chi connectivity index (χ2n) is 4.58. The minimum atomic E-state index is 0.250. The van der Waals surface area contributed by atoms with Gasteiger partial charge in [-0.1, -0.05) is 11.6 Å². The summed E-state index contributed by atoms with van der Waals surface area (Å²) in [6.45, 7) is 0. The number of rotatable bonds is 1. The Bertz CT molecular complexity index is 576. The molecule has 0 amide bonds. The Morgan fingerprint density at radius 3 is 3.06 bits per heavy atom. The normalized spacial score (nSPS) is 19.4. The Morgan fingerprint density at radius 2 is 2.29 bits per heavy atom. The van der Waals surface area contributed by atoms with Crippen LogP contribution in [-0.4, -0.2) is 18.1 Å². The molecule has 0 saturated carbocycles. The summed E-state index contributed by atoms with van der Waals surface area (Å²) in [5.41, 5.74) is 9.52. The minimum absolute atomic E-state index is 0.250. The molecule has 0 saturated heterocycles. The Hall–Kier alpha value is -1.19. The molecule has 0 aliphatic heterocycles. The summed E-state index contributed by atoms with van der Waals surface area (Å²) in [6.07, 6.45) is 2.90. The smallest absolute Gasteiger partial charge is 0.143 e. The van der Waals surface area contributed by atoms with E-state index in [1.807, 2.05) is 12.1 Å². The van der Waals surface area contributed by atoms with Crippen molar-refractivity contribution >= 4 is 22.5 Å². The number of aryl methyl sites for hydroxylation is 1. The molecular formula is C13H15ClN2O. The van der Waals surface area contributed by atoms with Gasteiger partial charge in [0.25, 0.3) is 0 Å². The first kappa shape index (κ1) is 10.9. The number of fused-ring (bicyclic) bond motifs is 3. The van der Waals surface area contributed by atoms with Gasteiger partial charge in [0.05, 0.1) is 17.6 Å². The molecule has 0 spiro atoms. The van der Waals surface area contributed by atoms with Crippen LogP contribution in [0.1, 0.15) is 17.7 Å². The standard InChI is InChI=1S/C13H15ClN2O/c1-17-11-5-4-9(14)12-8-3-2-7(15)6-10(8)16-13(11)12/h4-5,7,16H,2-3,6,15H2,1H3. The number of halogens is 1. The first-order chi connectivity index (χ1) is 8.20. The van der Waals surface area contributed by atoms with E-state index in [4.69, 9.17) is 22.1 Å². The van der Waals surface area contributed by atoms with Gasteiger partial charge in [-0.25, -0.2) is 0 Å². The maximum atomic E-state index is 6.29. The molecule has 2 aromatic rings. The van der Waals surface area contributed by atoms with Crippen molar-refractivity contribution in [1.82, 2.24) is 4.98 Å². The van der Waals surface area contributed by atoms with Gasteiger partial charge in [-0.2, -0.15) is 0 Å². The van der Waals surface area contributed by atoms with Gasteiger partial charge >= 0.3 is 0 Å². The van der Waals surface area contributed by atoms with Gasteiger partial charge in [-0.3, -0.25) is 0 Å². The lowest BCUT2D eigenvalue weighted by Crippen LogP contribution is -2.27. The highest BCUT2D eigenvalue weighted by Gasteiger charge is 2.22. The van der Waals surface area contributed by atoms with Crippen LogP contribution in [0.3, 0.4) is 0 Å². The molecule has 3 nitrogen and oxygen atoms in total. The fourth-order valence-corrected chi connectivity index (χ4v) is 2.94. The average molecular weight is 251 g/mol. The summed E-state index contributed by atoms with van der Waals surface area (Å²) in [4.78, 5) is 3.42. The molecule has 1 aromatic heterocycles. The summed E-state index contributed by atoms with van der Waals surface area (Å²) < 4.78 is 5.37. The topological polar surface area (TPSA) is 51.0 Å². The molecule has 1 atom stereocenters. The van der Waals surface area contributed by atoms with E-state index in [0.29, 0.717) is 0 Å². The van der Waals surface area contributed by atoms with Gasteiger partial charge in [0, 0.05) is 23.5 Å². The Morgan fingerprint density at radius 1 is 1.47 bits per heavy atom. The summed E-state index contributed by atoms with van der Waals surface area (Å²) in [7, 11) is 1.67. The summed E-state index contributed by atoms with van der Waals surface area (Å²) in [5, 5.41) is 1.89. The van der Waals surface area contributed by atoms with E-state index in [2.05, 4.69) is 4.98 Å². The van der Waals surface area contributed by atoms with Crippen LogP contribution in [0.5, 0.6) is 5.75 Å². The van der Waals surface area contributed by atoms with Crippen molar-refractivity contribution in [2.24, 2.45) is 5.73 Å². The van der Waals surface area contributed by atoms with E-state index < -0.39 is 0 Å². The second kappa shape index (κ2) is 3.93. The van der Waals surface area contributed by atoms with Crippen LogP contribution in [0.4, 0.5) is 0 Å². The van der Waals surface area contributed by atoms with E-state index >= 15 is 0 Å². The van der Waals surface area contributed by atoms with Crippen molar-refractivity contribution in [1.29, 1.82) is 0 Å². The molecule has 90 valence electrons. The lowest BCUT2D eigenvalue weighted by atomic mass is 9.92. The molecule has 0 radical (unpaired) electrons. The van der Waals surface area contributed by atoms with Crippen molar-refractivity contribution in [2.45, 2.75) is 25.3 Å². The molecule has 1 heterocycles. The first-order valence-corrected chi connectivity index (χ1v) is 6.20. The van der Waals surface area contributed by atoms with Crippen molar-refractivity contribution in [3.05, 3.63) is 28.4 Å². The second-order valence-corrected chi connectivity index (χ2v) is 4.99. The van der Waals surface area contributed by atoms with Gasteiger partial charge in [0.15, 0.2) is 0 Å². The number of benzene rings is 1. The largest absolute Gasteiger partial charge is 0.495 e. The average Bonchev–Trinajstić information content (AvgIpc) is 2.68. The fourth-order valence-electron chi connectivity index (χ4n) is 2.67. The molecule has 1 aromatic carbocycles. The zero-order valence-corrected chi connectivity index (χ0v) is 10.5. The van der Waals surface area contributed by atoms with Crippen LogP contribution in [-0.2, 0) is 12.8 Å². The van der Waals surface area contributed by atoms with E-state index in [9.17, 15) is 0 Å². The molecule has 1 aliphatic rings. The SMILES string of the molecule is COc1ccc(Cl)c2c3c([nH]c12)CC(N)CC3. The lowest BCUT2D eigenvalue weighted by molar-refractivity contribution is 0.419. The van der Waals surface area contributed by atoms with Gasteiger partial charge in [-0.15, -0.1) is 0 Å². The Balaban J connectivity index is 2.30. The monoisotopic (exact) mass is 250 g/mol. The molecule has 0 fully saturated rings. The molecule has 0 bridgehead atoms. The van der Waals surface area contributed by atoms with Crippen molar-refractivity contribution < 1.29 is 4.74 Å². The number of nitrogens with two attached hydrogens (primary N) is 1. The molecule has 4 heteroatoms. The third-order valence-electron chi connectivity index (χ3n) is 3.51. The molecule has 3 rings (SSSR count). The van der Waals surface area contributed by atoms with Crippen LogP contribution < -0.4 is 10.5 Å². The third kappa shape index (κ3) is 1.61. The highest BCUT2D eigenvalue weighted by Crippen LogP contribution is 2.37.